The quantitative estimate of drug-likeness (QED) is 0.857. The molecule has 18 heavy (non-hydrogen) atoms. The van der Waals surface area contributed by atoms with Crippen molar-refractivity contribution in [3.63, 3.8) is 0 Å². The van der Waals surface area contributed by atoms with Crippen LogP contribution in [0.3, 0.4) is 0 Å². The van der Waals surface area contributed by atoms with Gasteiger partial charge in [-0.1, -0.05) is 19.3 Å². The molecule has 1 aliphatic carbocycles. The number of nitrogens with zero attached hydrogens (tertiary/aromatic N) is 1. The number of hydrogen-bond acceptors (Lipinski definition) is 3. The van der Waals surface area contributed by atoms with Gasteiger partial charge in [0.1, 0.15) is 5.82 Å². The summed E-state index contributed by atoms with van der Waals surface area (Å²) in [7, 11) is 0. The van der Waals surface area contributed by atoms with Crippen LogP contribution in [0, 0.1) is 0 Å². The average molecular weight is 250 g/mol. The minimum Gasteiger partial charge on any atom is -0.480 e. The van der Waals surface area contributed by atoms with Gasteiger partial charge in [-0.2, -0.15) is 0 Å². The third-order valence-corrected chi connectivity index (χ3v) is 4.20. The second kappa shape index (κ2) is 4.39. The lowest BCUT2D eigenvalue weighted by atomic mass is 9.85. The molecular formula is C13H18N2O3. The molecule has 1 aromatic heterocycles. The minimum absolute atomic E-state index is 0.222. The highest BCUT2D eigenvalue weighted by molar-refractivity contribution is 5.81. The van der Waals surface area contributed by atoms with Crippen LogP contribution >= 0.6 is 0 Å². The number of hydrogen-bond donors (Lipinski definition) is 2. The van der Waals surface area contributed by atoms with Crippen LogP contribution < -0.4 is 0 Å². The molecule has 5 heteroatoms. The van der Waals surface area contributed by atoms with E-state index < -0.39 is 11.4 Å². The van der Waals surface area contributed by atoms with Crippen molar-refractivity contribution in [1.82, 2.24) is 9.97 Å². The maximum atomic E-state index is 11.3. The zero-order valence-electron chi connectivity index (χ0n) is 10.3. The molecule has 0 unspecified atom stereocenters. The molecule has 1 aromatic rings. The van der Waals surface area contributed by atoms with Crippen molar-refractivity contribution in [3.05, 3.63) is 17.7 Å². The number of carbonyl (C=O) groups is 1. The second-order valence-electron chi connectivity index (χ2n) is 5.40. The zero-order chi connectivity index (χ0) is 12.6. The average Bonchev–Trinajstić information content (AvgIpc) is 2.78. The summed E-state index contributed by atoms with van der Waals surface area (Å²) < 4.78 is 5.07. The van der Waals surface area contributed by atoms with E-state index in [1.807, 2.05) is 6.20 Å². The Morgan fingerprint density at radius 3 is 2.67 bits per heavy atom. The van der Waals surface area contributed by atoms with E-state index in [1.165, 1.54) is 32.1 Å². The van der Waals surface area contributed by atoms with Gasteiger partial charge >= 0.3 is 5.97 Å². The third-order valence-electron chi connectivity index (χ3n) is 4.20. The van der Waals surface area contributed by atoms with Gasteiger partial charge in [0.2, 0.25) is 0 Å². The standard InChI is InChI=1S/C13H18N2O3/c16-12(17)13(7-18-8-13)11-14-6-10(15-11)9-4-2-1-3-5-9/h6,9H,1-5,7-8H2,(H,14,15)(H,16,17). The number of aromatic amines is 1. The van der Waals surface area contributed by atoms with E-state index in [0.29, 0.717) is 11.7 Å². The van der Waals surface area contributed by atoms with Gasteiger partial charge < -0.3 is 14.8 Å². The first-order valence-corrected chi connectivity index (χ1v) is 6.59. The molecular weight excluding hydrogens is 232 g/mol. The van der Waals surface area contributed by atoms with Gasteiger partial charge in [0, 0.05) is 17.8 Å². The van der Waals surface area contributed by atoms with Gasteiger partial charge in [0.15, 0.2) is 5.41 Å². The largest absolute Gasteiger partial charge is 0.480 e. The summed E-state index contributed by atoms with van der Waals surface area (Å²) in [6.45, 7) is 0.444. The lowest BCUT2D eigenvalue weighted by molar-refractivity contribution is -0.163. The third kappa shape index (κ3) is 1.73. The molecule has 2 N–H and O–H groups in total. The van der Waals surface area contributed by atoms with Crippen molar-refractivity contribution in [2.24, 2.45) is 0 Å². The van der Waals surface area contributed by atoms with Crippen LogP contribution in [0.2, 0.25) is 0 Å². The van der Waals surface area contributed by atoms with Crippen LogP contribution in [-0.4, -0.2) is 34.3 Å². The van der Waals surface area contributed by atoms with Crippen molar-refractivity contribution < 1.29 is 14.6 Å². The van der Waals surface area contributed by atoms with Crippen LogP contribution in [0.15, 0.2) is 6.20 Å². The van der Waals surface area contributed by atoms with Crippen LogP contribution in [0.5, 0.6) is 0 Å². The maximum absolute atomic E-state index is 11.3. The molecule has 5 nitrogen and oxygen atoms in total. The first-order valence-electron chi connectivity index (χ1n) is 6.59. The molecule has 3 rings (SSSR count). The summed E-state index contributed by atoms with van der Waals surface area (Å²) in [4.78, 5) is 18.9. The monoisotopic (exact) mass is 250 g/mol. The first kappa shape index (κ1) is 11.7. The fourth-order valence-corrected chi connectivity index (χ4v) is 2.87. The molecule has 1 saturated carbocycles. The van der Waals surface area contributed by atoms with Crippen molar-refractivity contribution in [2.75, 3.05) is 13.2 Å². The zero-order valence-corrected chi connectivity index (χ0v) is 10.3. The van der Waals surface area contributed by atoms with E-state index >= 15 is 0 Å². The molecule has 0 radical (unpaired) electrons. The highest BCUT2D eigenvalue weighted by atomic mass is 16.5. The van der Waals surface area contributed by atoms with Gasteiger partial charge in [-0.15, -0.1) is 0 Å². The number of carboxylic acid groups (broad SMARTS) is 1. The maximum Gasteiger partial charge on any atom is 0.322 e. The molecule has 1 aliphatic heterocycles. The SMILES string of the molecule is O=C(O)C1(c2ncc(C3CCCCC3)[nH]2)COC1. The Labute approximate surface area is 106 Å². The Bertz CT molecular complexity index is 445. The van der Waals surface area contributed by atoms with E-state index in [4.69, 9.17) is 4.74 Å². The van der Waals surface area contributed by atoms with Crippen LogP contribution in [0.4, 0.5) is 0 Å². The fraction of sp³-hybridized carbons (Fsp3) is 0.692. The fourth-order valence-electron chi connectivity index (χ4n) is 2.87. The Morgan fingerprint density at radius 1 is 1.39 bits per heavy atom. The molecule has 0 aromatic carbocycles. The van der Waals surface area contributed by atoms with E-state index in [1.54, 1.807) is 0 Å². The predicted molar refractivity (Wildman–Crippen MR) is 64.5 cm³/mol. The summed E-state index contributed by atoms with van der Waals surface area (Å²) >= 11 is 0. The molecule has 2 heterocycles. The molecule has 0 amide bonds. The molecule has 1 saturated heterocycles. The summed E-state index contributed by atoms with van der Waals surface area (Å²) in [5.41, 5.74) is 0.157. The number of ether oxygens (including phenoxy) is 1. The molecule has 98 valence electrons. The summed E-state index contributed by atoms with van der Waals surface area (Å²) in [6.07, 6.45) is 7.99. The highest BCUT2D eigenvalue weighted by Gasteiger charge is 2.50. The Kier molecular flexibility index (Phi) is 2.86. The number of rotatable bonds is 3. The molecule has 0 atom stereocenters. The Balaban J connectivity index is 1.82. The Hall–Kier alpha value is -1.36. The number of H-pyrrole nitrogens is 1. The van der Waals surface area contributed by atoms with E-state index in [2.05, 4.69) is 9.97 Å². The summed E-state index contributed by atoms with van der Waals surface area (Å²) in [5, 5.41) is 9.32. The van der Waals surface area contributed by atoms with Gasteiger partial charge in [0.05, 0.1) is 13.2 Å². The van der Waals surface area contributed by atoms with E-state index in [9.17, 15) is 9.90 Å². The molecule has 2 aliphatic rings. The summed E-state index contributed by atoms with van der Waals surface area (Å²) in [6, 6.07) is 0. The first-order chi connectivity index (χ1) is 8.72. The van der Waals surface area contributed by atoms with Crippen LogP contribution in [-0.2, 0) is 14.9 Å². The minimum atomic E-state index is -0.938. The normalized spacial score (nSPS) is 23.6. The molecule has 2 fully saturated rings. The number of aliphatic carboxylic acids is 1. The van der Waals surface area contributed by atoms with Gasteiger partial charge in [-0.05, 0) is 12.8 Å². The van der Waals surface area contributed by atoms with Crippen molar-refractivity contribution in [3.8, 4) is 0 Å². The van der Waals surface area contributed by atoms with Gasteiger partial charge in [-0.25, -0.2) is 4.98 Å². The summed E-state index contributed by atoms with van der Waals surface area (Å²) in [5.74, 6) is 0.229. The number of imidazole rings is 1. The number of aromatic nitrogens is 2. The molecule has 0 bridgehead atoms. The van der Waals surface area contributed by atoms with Gasteiger partial charge in [-0.3, -0.25) is 4.79 Å². The van der Waals surface area contributed by atoms with Gasteiger partial charge in [0.25, 0.3) is 0 Å². The lowest BCUT2D eigenvalue weighted by Crippen LogP contribution is -2.53. The Morgan fingerprint density at radius 2 is 2.11 bits per heavy atom. The lowest BCUT2D eigenvalue weighted by Gasteiger charge is -2.35. The molecule has 0 spiro atoms. The van der Waals surface area contributed by atoms with E-state index in [0.717, 1.165) is 5.69 Å². The highest BCUT2D eigenvalue weighted by Crippen LogP contribution is 2.35. The smallest absolute Gasteiger partial charge is 0.322 e. The predicted octanol–water partition coefficient (Wildman–Crippen LogP) is 1.81. The van der Waals surface area contributed by atoms with E-state index in [-0.39, 0.29) is 13.2 Å². The van der Waals surface area contributed by atoms with Crippen molar-refractivity contribution in [1.29, 1.82) is 0 Å². The van der Waals surface area contributed by atoms with Crippen molar-refractivity contribution >= 4 is 5.97 Å². The second-order valence-corrected chi connectivity index (χ2v) is 5.40. The van der Waals surface area contributed by atoms with Crippen LogP contribution in [0.1, 0.15) is 49.5 Å². The number of carboxylic acids is 1. The topological polar surface area (TPSA) is 75.2 Å². The van der Waals surface area contributed by atoms with Crippen LogP contribution in [0.25, 0.3) is 0 Å². The number of nitrogens with one attached hydrogen (secondary N) is 1. The van der Waals surface area contributed by atoms with Crippen molar-refractivity contribution in [2.45, 2.75) is 43.4 Å².